The van der Waals surface area contributed by atoms with Crippen molar-refractivity contribution in [2.45, 2.75) is 13.3 Å². The van der Waals surface area contributed by atoms with Crippen LogP contribution in [0.1, 0.15) is 22.3 Å². The number of hydrogen-bond donors (Lipinski definition) is 0. The number of esters is 1. The maximum atomic E-state index is 12.1. The number of carbonyl (C=O) groups is 2. The smallest absolute Gasteiger partial charge is 0.339 e. The highest BCUT2D eigenvalue weighted by atomic mass is 16.5. The highest BCUT2D eigenvalue weighted by Gasteiger charge is 2.32. The number of benzene rings is 1. The van der Waals surface area contributed by atoms with Crippen LogP contribution in [-0.4, -0.2) is 25.5 Å². The van der Waals surface area contributed by atoms with E-state index in [-0.39, 0.29) is 11.8 Å². The predicted molar refractivity (Wildman–Crippen MR) is 73.2 cm³/mol. The van der Waals surface area contributed by atoms with Crippen LogP contribution in [0.4, 0.5) is 5.69 Å². The molecule has 0 spiro atoms. The molecule has 1 aliphatic heterocycles. The summed E-state index contributed by atoms with van der Waals surface area (Å²) in [5.74, 6) is -0.268. The van der Waals surface area contributed by atoms with Gasteiger partial charge in [-0.15, -0.1) is 6.58 Å². The van der Waals surface area contributed by atoms with Crippen molar-refractivity contribution >= 4 is 17.6 Å². The molecular formula is C15H17NO3. The number of anilines is 1. The van der Waals surface area contributed by atoms with Crippen molar-refractivity contribution in [3.8, 4) is 0 Å². The first kappa shape index (κ1) is 13.3. The van der Waals surface area contributed by atoms with Crippen LogP contribution in [-0.2, 0) is 9.53 Å². The summed E-state index contributed by atoms with van der Waals surface area (Å²) in [6, 6.07) is 5.36. The van der Waals surface area contributed by atoms with Crippen molar-refractivity contribution in [1.82, 2.24) is 0 Å². The monoisotopic (exact) mass is 259 g/mol. The Morgan fingerprint density at radius 2 is 2.26 bits per heavy atom. The summed E-state index contributed by atoms with van der Waals surface area (Å²) in [4.78, 5) is 25.6. The molecule has 2 rings (SSSR count). The Morgan fingerprint density at radius 3 is 2.84 bits per heavy atom. The molecule has 1 atom stereocenters. The summed E-state index contributed by atoms with van der Waals surface area (Å²) in [6.07, 6.45) is 2.23. The van der Waals surface area contributed by atoms with Gasteiger partial charge in [0.15, 0.2) is 0 Å². The second kappa shape index (κ2) is 5.26. The third kappa shape index (κ3) is 2.38. The molecule has 4 heteroatoms. The van der Waals surface area contributed by atoms with E-state index in [4.69, 9.17) is 4.74 Å². The van der Waals surface area contributed by atoms with Crippen LogP contribution in [0.15, 0.2) is 30.9 Å². The van der Waals surface area contributed by atoms with Crippen molar-refractivity contribution < 1.29 is 14.3 Å². The van der Waals surface area contributed by atoms with E-state index >= 15 is 0 Å². The standard InChI is InChI=1S/C15H17NO3/c1-4-11-8-13(17)16(9-11)14-10(2)6-5-7-12(14)15(18)19-3/h4-7,11H,1,8-9H2,2-3H3. The first-order valence-corrected chi connectivity index (χ1v) is 6.19. The number of methoxy groups -OCH3 is 1. The molecule has 0 aliphatic carbocycles. The van der Waals surface area contributed by atoms with E-state index < -0.39 is 5.97 Å². The number of carbonyl (C=O) groups excluding carboxylic acids is 2. The summed E-state index contributed by atoms with van der Waals surface area (Å²) in [6.45, 7) is 6.18. The Hall–Kier alpha value is -2.10. The van der Waals surface area contributed by atoms with Crippen LogP contribution in [0.25, 0.3) is 0 Å². The molecule has 1 saturated heterocycles. The van der Waals surface area contributed by atoms with Gasteiger partial charge in [0.25, 0.3) is 0 Å². The SMILES string of the molecule is C=CC1CC(=O)N(c2c(C)cccc2C(=O)OC)C1. The molecule has 19 heavy (non-hydrogen) atoms. The lowest BCUT2D eigenvalue weighted by Crippen LogP contribution is -2.27. The minimum Gasteiger partial charge on any atom is -0.465 e. The molecule has 4 nitrogen and oxygen atoms in total. The lowest BCUT2D eigenvalue weighted by molar-refractivity contribution is -0.117. The fourth-order valence-electron chi connectivity index (χ4n) is 2.40. The fourth-order valence-corrected chi connectivity index (χ4v) is 2.40. The van der Waals surface area contributed by atoms with Gasteiger partial charge in [0, 0.05) is 18.9 Å². The largest absolute Gasteiger partial charge is 0.465 e. The molecule has 100 valence electrons. The molecule has 1 unspecified atom stereocenters. The van der Waals surface area contributed by atoms with E-state index in [9.17, 15) is 9.59 Å². The summed E-state index contributed by atoms with van der Waals surface area (Å²) in [7, 11) is 1.34. The number of nitrogens with zero attached hydrogens (tertiary/aromatic N) is 1. The molecule has 0 aromatic heterocycles. The van der Waals surface area contributed by atoms with Crippen molar-refractivity contribution in [3.63, 3.8) is 0 Å². The average Bonchev–Trinajstić information content (AvgIpc) is 2.78. The predicted octanol–water partition coefficient (Wildman–Crippen LogP) is 2.32. The number of ether oxygens (including phenoxy) is 1. The lowest BCUT2D eigenvalue weighted by atomic mass is 10.1. The van der Waals surface area contributed by atoms with Gasteiger partial charge in [0.05, 0.1) is 18.4 Å². The topological polar surface area (TPSA) is 46.6 Å². The van der Waals surface area contributed by atoms with Crippen LogP contribution in [0.5, 0.6) is 0 Å². The van der Waals surface area contributed by atoms with E-state index in [2.05, 4.69) is 6.58 Å². The van der Waals surface area contributed by atoms with Gasteiger partial charge >= 0.3 is 5.97 Å². The van der Waals surface area contributed by atoms with Gasteiger partial charge in [0.1, 0.15) is 0 Å². The molecule has 0 saturated carbocycles. The van der Waals surface area contributed by atoms with Crippen LogP contribution < -0.4 is 4.90 Å². The highest BCUT2D eigenvalue weighted by Crippen LogP contribution is 2.31. The van der Waals surface area contributed by atoms with Crippen LogP contribution >= 0.6 is 0 Å². The Labute approximate surface area is 112 Å². The van der Waals surface area contributed by atoms with Gasteiger partial charge < -0.3 is 9.64 Å². The third-order valence-corrected chi connectivity index (χ3v) is 3.40. The van der Waals surface area contributed by atoms with Crippen molar-refractivity contribution in [2.75, 3.05) is 18.6 Å². The Morgan fingerprint density at radius 1 is 1.53 bits per heavy atom. The van der Waals surface area contributed by atoms with Crippen molar-refractivity contribution in [3.05, 3.63) is 42.0 Å². The van der Waals surface area contributed by atoms with E-state index in [0.717, 1.165) is 5.56 Å². The minimum atomic E-state index is -0.423. The van der Waals surface area contributed by atoms with Crippen molar-refractivity contribution in [1.29, 1.82) is 0 Å². The van der Waals surface area contributed by atoms with Crippen LogP contribution in [0.3, 0.4) is 0 Å². The first-order chi connectivity index (χ1) is 9.08. The van der Waals surface area contributed by atoms with Gasteiger partial charge in [-0.3, -0.25) is 4.79 Å². The van der Waals surface area contributed by atoms with Gasteiger partial charge in [-0.25, -0.2) is 4.79 Å². The van der Waals surface area contributed by atoms with Gasteiger partial charge in [-0.2, -0.15) is 0 Å². The van der Waals surface area contributed by atoms with E-state index in [0.29, 0.717) is 24.2 Å². The fraction of sp³-hybridized carbons (Fsp3) is 0.333. The molecule has 1 aliphatic rings. The molecule has 1 fully saturated rings. The molecule has 1 aromatic rings. The summed E-state index contributed by atoms with van der Waals surface area (Å²) < 4.78 is 4.78. The van der Waals surface area contributed by atoms with Crippen LogP contribution in [0.2, 0.25) is 0 Å². The van der Waals surface area contributed by atoms with Gasteiger partial charge in [-0.1, -0.05) is 18.2 Å². The summed E-state index contributed by atoms with van der Waals surface area (Å²) >= 11 is 0. The number of rotatable bonds is 3. The quantitative estimate of drug-likeness (QED) is 0.618. The van der Waals surface area contributed by atoms with E-state index in [1.165, 1.54) is 7.11 Å². The number of amides is 1. The molecule has 0 bridgehead atoms. The number of hydrogen-bond acceptors (Lipinski definition) is 3. The number of aryl methyl sites for hydroxylation is 1. The highest BCUT2D eigenvalue weighted by molar-refractivity contribution is 6.04. The summed E-state index contributed by atoms with van der Waals surface area (Å²) in [5, 5.41) is 0. The molecular weight excluding hydrogens is 242 g/mol. The lowest BCUT2D eigenvalue weighted by Gasteiger charge is -2.21. The van der Waals surface area contributed by atoms with E-state index in [1.54, 1.807) is 23.1 Å². The normalized spacial score (nSPS) is 18.5. The minimum absolute atomic E-state index is 0.0179. The number of para-hydroxylation sites is 1. The average molecular weight is 259 g/mol. The molecule has 1 aromatic carbocycles. The van der Waals surface area contributed by atoms with Crippen LogP contribution in [0, 0.1) is 12.8 Å². The maximum absolute atomic E-state index is 12.1. The Bertz CT molecular complexity index is 536. The maximum Gasteiger partial charge on any atom is 0.339 e. The Balaban J connectivity index is 2.47. The zero-order valence-electron chi connectivity index (χ0n) is 11.2. The van der Waals surface area contributed by atoms with Gasteiger partial charge in [-0.05, 0) is 18.6 Å². The van der Waals surface area contributed by atoms with Gasteiger partial charge in [0.2, 0.25) is 5.91 Å². The summed E-state index contributed by atoms with van der Waals surface area (Å²) in [5.41, 5.74) is 1.98. The Kier molecular flexibility index (Phi) is 3.69. The van der Waals surface area contributed by atoms with E-state index in [1.807, 2.05) is 13.0 Å². The second-order valence-corrected chi connectivity index (χ2v) is 4.67. The molecule has 0 radical (unpaired) electrons. The first-order valence-electron chi connectivity index (χ1n) is 6.19. The third-order valence-electron chi connectivity index (χ3n) is 3.40. The zero-order valence-corrected chi connectivity index (χ0v) is 11.2. The zero-order chi connectivity index (χ0) is 14.0. The molecule has 1 amide bonds. The molecule has 0 N–H and O–H groups in total. The van der Waals surface area contributed by atoms with Crippen molar-refractivity contribution in [2.24, 2.45) is 5.92 Å². The molecule has 1 heterocycles. The second-order valence-electron chi connectivity index (χ2n) is 4.67.